The Morgan fingerprint density at radius 2 is 1.72 bits per heavy atom. The van der Waals surface area contributed by atoms with E-state index < -0.39 is 0 Å². The van der Waals surface area contributed by atoms with Gasteiger partial charge in [0, 0.05) is 5.56 Å². The smallest absolute Gasteiger partial charge is 0.261 e. The Balaban J connectivity index is 1.76. The molecule has 25 heavy (non-hydrogen) atoms. The molecule has 0 spiro atoms. The van der Waals surface area contributed by atoms with E-state index in [-0.39, 0.29) is 5.56 Å². The molecule has 1 N–H and O–H groups in total. The third-order valence-electron chi connectivity index (χ3n) is 4.78. The van der Waals surface area contributed by atoms with E-state index >= 15 is 0 Å². The lowest BCUT2D eigenvalue weighted by Gasteiger charge is -2.24. The van der Waals surface area contributed by atoms with E-state index in [1.165, 1.54) is 4.90 Å². The van der Waals surface area contributed by atoms with Crippen molar-refractivity contribution in [3.63, 3.8) is 0 Å². The van der Waals surface area contributed by atoms with Crippen molar-refractivity contribution in [1.29, 1.82) is 0 Å². The van der Waals surface area contributed by atoms with Gasteiger partial charge in [0.05, 0.1) is 37.2 Å². The van der Waals surface area contributed by atoms with Gasteiger partial charge in [-0.1, -0.05) is 42.5 Å². The van der Waals surface area contributed by atoms with Crippen LogP contribution in [0.2, 0.25) is 0 Å². The molecule has 1 aliphatic heterocycles. The van der Waals surface area contributed by atoms with Gasteiger partial charge in [-0.15, -0.1) is 0 Å². The zero-order valence-electron chi connectivity index (χ0n) is 14.1. The Kier molecular flexibility index (Phi) is 4.59. The van der Waals surface area contributed by atoms with Crippen molar-refractivity contribution in [1.82, 2.24) is 9.55 Å². The van der Waals surface area contributed by atoms with Gasteiger partial charge < -0.3 is 9.64 Å². The van der Waals surface area contributed by atoms with Crippen LogP contribution in [0.4, 0.5) is 0 Å². The van der Waals surface area contributed by atoms with Crippen molar-refractivity contribution in [3.8, 4) is 11.4 Å². The van der Waals surface area contributed by atoms with Gasteiger partial charge in [0.15, 0.2) is 0 Å². The summed E-state index contributed by atoms with van der Waals surface area (Å²) in [5.74, 6) is 0.747. The number of fused-ring (bicyclic) bond motifs is 1. The molecular formula is C20H22N3O2+. The van der Waals surface area contributed by atoms with Crippen LogP contribution < -0.4 is 10.5 Å². The monoisotopic (exact) mass is 336 g/mol. The lowest BCUT2D eigenvalue weighted by Crippen LogP contribution is -3.14. The topological polar surface area (TPSA) is 48.6 Å². The van der Waals surface area contributed by atoms with Crippen LogP contribution in [0.25, 0.3) is 22.3 Å². The minimum atomic E-state index is 0.0390. The quantitative estimate of drug-likeness (QED) is 0.773. The number of morpholine rings is 1. The molecule has 0 saturated carbocycles. The first-order valence-electron chi connectivity index (χ1n) is 8.79. The summed E-state index contributed by atoms with van der Waals surface area (Å²) >= 11 is 0. The first kappa shape index (κ1) is 16.0. The third-order valence-corrected chi connectivity index (χ3v) is 4.78. The van der Waals surface area contributed by atoms with Crippen molar-refractivity contribution >= 4 is 10.9 Å². The van der Waals surface area contributed by atoms with Gasteiger partial charge in [-0.05, 0) is 12.1 Å². The number of hydrogen-bond donors (Lipinski definition) is 1. The highest BCUT2D eigenvalue weighted by Gasteiger charge is 2.17. The molecule has 1 aliphatic rings. The largest absolute Gasteiger partial charge is 0.370 e. The summed E-state index contributed by atoms with van der Waals surface area (Å²) in [6.45, 7) is 5.16. The molecule has 0 radical (unpaired) electrons. The number of nitrogens with one attached hydrogen (secondary N) is 1. The fourth-order valence-corrected chi connectivity index (χ4v) is 3.36. The predicted molar refractivity (Wildman–Crippen MR) is 97.8 cm³/mol. The van der Waals surface area contributed by atoms with Crippen molar-refractivity contribution in [2.24, 2.45) is 0 Å². The van der Waals surface area contributed by atoms with E-state index in [0.29, 0.717) is 11.9 Å². The minimum absolute atomic E-state index is 0.0390. The van der Waals surface area contributed by atoms with Crippen LogP contribution >= 0.6 is 0 Å². The summed E-state index contributed by atoms with van der Waals surface area (Å²) < 4.78 is 7.26. The van der Waals surface area contributed by atoms with Crippen LogP contribution in [0.5, 0.6) is 0 Å². The first-order valence-corrected chi connectivity index (χ1v) is 8.79. The van der Waals surface area contributed by atoms with Gasteiger partial charge in [-0.2, -0.15) is 0 Å². The molecule has 4 rings (SSSR count). The van der Waals surface area contributed by atoms with Gasteiger partial charge in [-0.25, -0.2) is 4.98 Å². The number of hydrogen-bond acceptors (Lipinski definition) is 3. The SMILES string of the molecule is O=c1c2ccccc2nc(-c2ccccc2)n1CC[NH+]1CCOCC1. The van der Waals surface area contributed by atoms with E-state index in [1.54, 1.807) is 0 Å². The highest BCUT2D eigenvalue weighted by Crippen LogP contribution is 2.18. The lowest BCUT2D eigenvalue weighted by atomic mass is 10.2. The molecule has 1 saturated heterocycles. The highest BCUT2D eigenvalue weighted by molar-refractivity contribution is 5.79. The zero-order chi connectivity index (χ0) is 17.1. The third kappa shape index (κ3) is 3.34. The Bertz CT molecular complexity index is 915. The summed E-state index contributed by atoms with van der Waals surface area (Å²) in [6, 6.07) is 17.5. The number of ether oxygens (including phenoxy) is 1. The number of nitrogens with zero attached hydrogens (tertiary/aromatic N) is 2. The number of benzene rings is 2. The van der Waals surface area contributed by atoms with Crippen molar-refractivity contribution < 1.29 is 9.64 Å². The zero-order valence-corrected chi connectivity index (χ0v) is 14.1. The van der Waals surface area contributed by atoms with Crippen LogP contribution in [-0.4, -0.2) is 42.4 Å². The molecule has 0 aliphatic carbocycles. The summed E-state index contributed by atoms with van der Waals surface area (Å²) in [5, 5.41) is 0.680. The van der Waals surface area contributed by atoms with E-state index in [0.717, 1.165) is 49.8 Å². The Hall–Kier alpha value is -2.50. The van der Waals surface area contributed by atoms with Gasteiger partial charge in [0.2, 0.25) is 0 Å². The van der Waals surface area contributed by atoms with Crippen LogP contribution in [0.15, 0.2) is 59.4 Å². The molecule has 2 heterocycles. The van der Waals surface area contributed by atoms with Crippen molar-refractivity contribution in [3.05, 3.63) is 65.0 Å². The number of quaternary nitrogens is 1. The minimum Gasteiger partial charge on any atom is -0.370 e. The van der Waals surface area contributed by atoms with Crippen molar-refractivity contribution in [2.75, 3.05) is 32.8 Å². The number of rotatable bonds is 4. The molecule has 0 atom stereocenters. The van der Waals surface area contributed by atoms with E-state index in [1.807, 2.05) is 59.2 Å². The fourth-order valence-electron chi connectivity index (χ4n) is 3.36. The molecule has 128 valence electrons. The lowest BCUT2D eigenvalue weighted by molar-refractivity contribution is -0.908. The summed E-state index contributed by atoms with van der Waals surface area (Å²) in [4.78, 5) is 19.4. The molecule has 5 heteroatoms. The van der Waals surface area contributed by atoms with Crippen LogP contribution in [0, 0.1) is 0 Å². The molecule has 3 aromatic rings. The van der Waals surface area contributed by atoms with E-state index in [2.05, 4.69) is 0 Å². The summed E-state index contributed by atoms with van der Waals surface area (Å²) in [6.07, 6.45) is 0. The molecular weight excluding hydrogens is 314 g/mol. The van der Waals surface area contributed by atoms with E-state index in [9.17, 15) is 4.79 Å². The van der Waals surface area contributed by atoms with E-state index in [4.69, 9.17) is 9.72 Å². The van der Waals surface area contributed by atoms with Gasteiger partial charge >= 0.3 is 0 Å². The summed E-state index contributed by atoms with van der Waals surface area (Å²) in [7, 11) is 0. The van der Waals surface area contributed by atoms with Gasteiger partial charge in [0.1, 0.15) is 18.9 Å². The van der Waals surface area contributed by atoms with Crippen LogP contribution in [-0.2, 0) is 11.3 Å². The molecule has 1 aromatic heterocycles. The van der Waals surface area contributed by atoms with Gasteiger partial charge in [-0.3, -0.25) is 9.36 Å². The second-order valence-electron chi connectivity index (χ2n) is 6.39. The van der Waals surface area contributed by atoms with Crippen LogP contribution in [0.3, 0.4) is 0 Å². The molecule has 5 nitrogen and oxygen atoms in total. The molecule has 2 aromatic carbocycles. The molecule has 0 amide bonds. The molecule has 0 unspecified atom stereocenters. The Labute approximate surface area is 146 Å². The fraction of sp³-hybridized carbons (Fsp3) is 0.300. The van der Waals surface area contributed by atoms with Crippen molar-refractivity contribution in [2.45, 2.75) is 6.54 Å². The molecule has 0 bridgehead atoms. The summed E-state index contributed by atoms with van der Waals surface area (Å²) in [5.41, 5.74) is 1.76. The average Bonchev–Trinajstić information content (AvgIpc) is 2.69. The molecule has 1 fully saturated rings. The highest BCUT2D eigenvalue weighted by atomic mass is 16.5. The predicted octanol–water partition coefficient (Wildman–Crippen LogP) is 0.979. The second kappa shape index (κ2) is 7.17. The normalized spacial score (nSPS) is 15.5. The van der Waals surface area contributed by atoms with Gasteiger partial charge in [0.25, 0.3) is 5.56 Å². The second-order valence-corrected chi connectivity index (χ2v) is 6.39. The maximum Gasteiger partial charge on any atom is 0.261 e. The Morgan fingerprint density at radius 1 is 1.00 bits per heavy atom. The Morgan fingerprint density at radius 3 is 2.52 bits per heavy atom. The van der Waals surface area contributed by atoms with Crippen LogP contribution in [0.1, 0.15) is 0 Å². The number of para-hydroxylation sites is 1. The number of aromatic nitrogens is 2. The standard InChI is InChI=1S/C20H21N3O2/c24-20-17-8-4-5-9-18(17)21-19(16-6-2-1-3-7-16)23(20)11-10-22-12-14-25-15-13-22/h1-9H,10-15H2/p+1. The maximum atomic E-state index is 13.1. The first-order chi connectivity index (χ1) is 12.3. The average molecular weight is 336 g/mol. The maximum absolute atomic E-state index is 13.1.